The maximum atomic E-state index is 13.0. The molecule has 3 heterocycles. The lowest BCUT2D eigenvalue weighted by molar-refractivity contribution is -0.132. The lowest BCUT2D eigenvalue weighted by Crippen LogP contribution is -2.49. The van der Waals surface area contributed by atoms with E-state index in [9.17, 15) is 4.79 Å². The standard InChI is InChI=1S/C19H30N4O/c1-4-19(10-15-5-6-16(19)21-15)17(24)20-11-18(7-8-18)12-23-14(3)9-13(2)22-23/h9,15-16,21H,4-8,10-12H2,1-3H3,(H,20,24)/t15-,16+,19+/m0/s1. The predicted molar refractivity (Wildman–Crippen MR) is 93.7 cm³/mol. The van der Waals surface area contributed by atoms with Gasteiger partial charge in [-0.15, -0.1) is 0 Å². The van der Waals surface area contributed by atoms with E-state index >= 15 is 0 Å². The highest BCUT2D eigenvalue weighted by molar-refractivity contribution is 5.84. The fraction of sp³-hybridized carbons (Fsp3) is 0.789. The highest BCUT2D eigenvalue weighted by Crippen LogP contribution is 2.48. The zero-order valence-corrected chi connectivity index (χ0v) is 15.2. The van der Waals surface area contributed by atoms with Gasteiger partial charge in [-0.05, 0) is 58.4 Å². The van der Waals surface area contributed by atoms with Gasteiger partial charge in [0.05, 0.1) is 11.1 Å². The monoisotopic (exact) mass is 330 g/mol. The summed E-state index contributed by atoms with van der Waals surface area (Å²) in [6.45, 7) is 8.05. The van der Waals surface area contributed by atoms with E-state index in [1.165, 1.54) is 25.0 Å². The Labute approximate surface area is 144 Å². The van der Waals surface area contributed by atoms with Gasteiger partial charge < -0.3 is 10.6 Å². The van der Waals surface area contributed by atoms with E-state index in [4.69, 9.17) is 0 Å². The van der Waals surface area contributed by atoms with Gasteiger partial charge in [0.25, 0.3) is 0 Å². The first-order chi connectivity index (χ1) is 11.5. The Hall–Kier alpha value is -1.36. The Bertz CT molecular complexity index is 648. The van der Waals surface area contributed by atoms with Crippen molar-refractivity contribution in [3.63, 3.8) is 0 Å². The molecular formula is C19H30N4O. The van der Waals surface area contributed by atoms with Crippen LogP contribution in [0.15, 0.2) is 6.07 Å². The van der Waals surface area contributed by atoms with Gasteiger partial charge in [0, 0.05) is 36.3 Å². The Morgan fingerprint density at radius 1 is 1.42 bits per heavy atom. The van der Waals surface area contributed by atoms with E-state index in [2.05, 4.69) is 40.3 Å². The Balaban J connectivity index is 1.39. The summed E-state index contributed by atoms with van der Waals surface area (Å²) >= 11 is 0. The molecule has 1 amide bonds. The average molecular weight is 330 g/mol. The van der Waals surface area contributed by atoms with Gasteiger partial charge in [-0.1, -0.05) is 6.92 Å². The third-order valence-corrected chi connectivity index (χ3v) is 6.77. The minimum atomic E-state index is -0.169. The Kier molecular flexibility index (Phi) is 3.75. The van der Waals surface area contributed by atoms with Crippen LogP contribution in [0.3, 0.4) is 0 Å². The molecule has 1 saturated carbocycles. The van der Waals surface area contributed by atoms with E-state index in [0.717, 1.165) is 38.0 Å². The number of amides is 1. The maximum Gasteiger partial charge on any atom is 0.227 e. The number of aryl methyl sites for hydroxylation is 2. The van der Waals surface area contributed by atoms with E-state index in [0.29, 0.717) is 12.1 Å². The second-order valence-electron chi connectivity index (χ2n) is 8.47. The van der Waals surface area contributed by atoms with Gasteiger partial charge in [0.15, 0.2) is 0 Å². The zero-order chi connectivity index (χ0) is 16.9. The molecule has 2 aliphatic heterocycles. The number of nitrogens with zero attached hydrogens (tertiary/aromatic N) is 2. The third kappa shape index (κ3) is 2.57. The molecule has 3 fully saturated rings. The number of carbonyl (C=O) groups is 1. The van der Waals surface area contributed by atoms with Crippen LogP contribution in [0, 0.1) is 24.7 Å². The molecule has 0 unspecified atom stereocenters. The molecule has 0 radical (unpaired) electrons. The van der Waals surface area contributed by atoms with Crippen molar-refractivity contribution in [1.29, 1.82) is 0 Å². The molecule has 5 nitrogen and oxygen atoms in total. The minimum absolute atomic E-state index is 0.169. The van der Waals surface area contributed by atoms with Crippen LogP contribution in [0.5, 0.6) is 0 Å². The van der Waals surface area contributed by atoms with Crippen LogP contribution in [-0.2, 0) is 11.3 Å². The lowest BCUT2D eigenvalue weighted by Gasteiger charge is -2.34. The molecule has 2 N–H and O–H groups in total. The van der Waals surface area contributed by atoms with Gasteiger partial charge in [0.1, 0.15) is 0 Å². The smallest absolute Gasteiger partial charge is 0.227 e. The second-order valence-corrected chi connectivity index (χ2v) is 8.47. The molecule has 3 atom stereocenters. The molecule has 0 spiro atoms. The molecule has 4 rings (SSSR count). The lowest BCUT2D eigenvalue weighted by atomic mass is 9.71. The summed E-state index contributed by atoms with van der Waals surface area (Å²) in [4.78, 5) is 13.0. The highest BCUT2D eigenvalue weighted by atomic mass is 16.2. The number of carbonyl (C=O) groups excluding carboxylic acids is 1. The first-order valence-electron chi connectivity index (χ1n) is 9.52. The van der Waals surface area contributed by atoms with Crippen molar-refractivity contribution in [2.24, 2.45) is 10.8 Å². The molecule has 2 saturated heterocycles. The maximum absolute atomic E-state index is 13.0. The normalized spacial score (nSPS) is 33.0. The van der Waals surface area contributed by atoms with Gasteiger partial charge in [0.2, 0.25) is 5.91 Å². The number of fused-ring (bicyclic) bond motifs is 2. The summed E-state index contributed by atoms with van der Waals surface area (Å²) in [6, 6.07) is 3.07. The van der Waals surface area contributed by atoms with Crippen molar-refractivity contribution in [2.45, 2.75) is 77.9 Å². The molecular weight excluding hydrogens is 300 g/mol. The SMILES string of the molecule is CC[C@@]1(C(=O)NCC2(Cn3nc(C)cc3C)CC2)C[C@@H]2CC[C@H]1N2. The van der Waals surface area contributed by atoms with Crippen molar-refractivity contribution in [1.82, 2.24) is 20.4 Å². The van der Waals surface area contributed by atoms with E-state index < -0.39 is 0 Å². The van der Waals surface area contributed by atoms with E-state index in [-0.39, 0.29) is 16.7 Å². The zero-order valence-electron chi connectivity index (χ0n) is 15.2. The molecule has 0 aromatic carbocycles. The van der Waals surface area contributed by atoms with Crippen molar-refractivity contribution < 1.29 is 4.79 Å². The van der Waals surface area contributed by atoms with E-state index in [1.54, 1.807) is 0 Å². The highest BCUT2D eigenvalue weighted by Gasteiger charge is 2.55. The largest absolute Gasteiger partial charge is 0.355 e. The summed E-state index contributed by atoms with van der Waals surface area (Å²) in [7, 11) is 0. The van der Waals surface area contributed by atoms with Crippen LogP contribution in [0.1, 0.15) is 56.8 Å². The Morgan fingerprint density at radius 3 is 2.71 bits per heavy atom. The van der Waals surface area contributed by atoms with E-state index in [1.807, 2.05) is 6.92 Å². The van der Waals surface area contributed by atoms with Gasteiger partial charge in [-0.2, -0.15) is 5.10 Å². The quantitative estimate of drug-likeness (QED) is 0.841. The summed E-state index contributed by atoms with van der Waals surface area (Å²) in [5.74, 6) is 0.282. The fourth-order valence-corrected chi connectivity index (χ4v) is 4.96. The Morgan fingerprint density at radius 2 is 2.21 bits per heavy atom. The van der Waals surface area contributed by atoms with Crippen molar-refractivity contribution in [2.75, 3.05) is 6.54 Å². The van der Waals surface area contributed by atoms with Gasteiger partial charge in [-0.25, -0.2) is 0 Å². The molecule has 1 aliphatic carbocycles. The second kappa shape index (κ2) is 5.58. The molecule has 1 aromatic rings. The molecule has 3 aliphatic rings. The van der Waals surface area contributed by atoms with Crippen molar-refractivity contribution in [3.8, 4) is 0 Å². The first kappa shape index (κ1) is 16.1. The van der Waals surface area contributed by atoms with Crippen LogP contribution in [0.2, 0.25) is 0 Å². The number of hydrogen-bond acceptors (Lipinski definition) is 3. The van der Waals surface area contributed by atoms with Crippen LogP contribution >= 0.6 is 0 Å². The molecule has 2 bridgehead atoms. The van der Waals surface area contributed by atoms with Crippen LogP contribution in [0.25, 0.3) is 0 Å². The predicted octanol–water partition coefficient (Wildman–Crippen LogP) is 2.32. The van der Waals surface area contributed by atoms with Crippen molar-refractivity contribution in [3.05, 3.63) is 17.5 Å². The number of aromatic nitrogens is 2. The molecule has 5 heteroatoms. The number of hydrogen-bond donors (Lipinski definition) is 2. The van der Waals surface area contributed by atoms with Crippen LogP contribution in [-0.4, -0.2) is 34.3 Å². The van der Waals surface area contributed by atoms with Crippen LogP contribution in [0.4, 0.5) is 0 Å². The molecule has 132 valence electrons. The summed E-state index contributed by atoms with van der Waals surface area (Å²) in [5, 5.41) is 11.6. The first-order valence-corrected chi connectivity index (χ1v) is 9.52. The fourth-order valence-electron chi connectivity index (χ4n) is 4.96. The average Bonchev–Trinajstić information content (AvgIpc) is 2.89. The summed E-state index contributed by atoms with van der Waals surface area (Å²) in [5.41, 5.74) is 2.34. The third-order valence-electron chi connectivity index (χ3n) is 6.77. The molecule has 1 aromatic heterocycles. The number of rotatable bonds is 6. The van der Waals surface area contributed by atoms with Gasteiger partial charge >= 0.3 is 0 Å². The minimum Gasteiger partial charge on any atom is -0.355 e. The van der Waals surface area contributed by atoms with Crippen molar-refractivity contribution >= 4 is 5.91 Å². The van der Waals surface area contributed by atoms with Crippen LogP contribution < -0.4 is 10.6 Å². The topological polar surface area (TPSA) is 59.0 Å². The van der Waals surface area contributed by atoms with Gasteiger partial charge in [-0.3, -0.25) is 9.48 Å². The molecule has 24 heavy (non-hydrogen) atoms. The number of nitrogens with one attached hydrogen (secondary N) is 2. The summed E-state index contributed by atoms with van der Waals surface area (Å²) in [6.07, 6.45) is 6.73. The summed E-state index contributed by atoms with van der Waals surface area (Å²) < 4.78 is 2.11.